The van der Waals surface area contributed by atoms with Gasteiger partial charge in [-0.3, -0.25) is 9.89 Å². The number of halogens is 2. The second-order valence-electron chi connectivity index (χ2n) is 6.73. The zero-order valence-corrected chi connectivity index (χ0v) is 18.7. The van der Waals surface area contributed by atoms with Crippen LogP contribution in [0.15, 0.2) is 29.3 Å². The molecule has 2 atom stereocenters. The van der Waals surface area contributed by atoms with Crippen molar-refractivity contribution >= 4 is 29.9 Å². The first-order chi connectivity index (χ1) is 12.6. The second-order valence-corrected chi connectivity index (χ2v) is 6.73. The van der Waals surface area contributed by atoms with Crippen molar-refractivity contribution in [2.75, 3.05) is 53.0 Å². The topological polar surface area (TPSA) is 58.1 Å². The van der Waals surface area contributed by atoms with Gasteiger partial charge in [-0.1, -0.05) is 6.92 Å². The van der Waals surface area contributed by atoms with Crippen molar-refractivity contribution in [2.24, 2.45) is 10.9 Å². The number of nitrogens with one attached hydrogen (secondary N) is 2. The van der Waals surface area contributed by atoms with Gasteiger partial charge in [-0.15, -0.1) is 24.0 Å². The highest BCUT2D eigenvalue weighted by Gasteiger charge is 2.14. The van der Waals surface area contributed by atoms with Crippen LogP contribution in [0.5, 0.6) is 5.75 Å². The fourth-order valence-electron chi connectivity index (χ4n) is 2.81. The number of morpholine rings is 1. The highest BCUT2D eigenvalue weighted by atomic mass is 127. The van der Waals surface area contributed by atoms with Crippen molar-refractivity contribution in [3.63, 3.8) is 0 Å². The lowest BCUT2D eigenvalue weighted by atomic mass is 10.1. The predicted molar refractivity (Wildman–Crippen MR) is 118 cm³/mol. The quantitative estimate of drug-likeness (QED) is 0.330. The smallest absolute Gasteiger partial charge is 0.191 e. The van der Waals surface area contributed by atoms with Crippen LogP contribution in [0.1, 0.15) is 13.8 Å². The summed E-state index contributed by atoms with van der Waals surface area (Å²) in [5.41, 5.74) is 0. The highest BCUT2D eigenvalue weighted by molar-refractivity contribution is 14.0. The molecule has 0 bridgehead atoms. The third-order valence-electron chi connectivity index (χ3n) is 4.22. The summed E-state index contributed by atoms with van der Waals surface area (Å²) in [6.45, 7) is 10.4. The molecular formula is C19H32FIN4O2. The Morgan fingerprint density at radius 1 is 1.19 bits per heavy atom. The Labute approximate surface area is 178 Å². The molecule has 1 fully saturated rings. The summed E-state index contributed by atoms with van der Waals surface area (Å²) in [4.78, 5) is 6.69. The van der Waals surface area contributed by atoms with Crippen LogP contribution in [-0.4, -0.2) is 69.9 Å². The van der Waals surface area contributed by atoms with Crippen molar-refractivity contribution in [1.82, 2.24) is 15.5 Å². The van der Waals surface area contributed by atoms with Crippen LogP contribution in [0.25, 0.3) is 0 Å². The van der Waals surface area contributed by atoms with Crippen molar-refractivity contribution in [1.29, 1.82) is 0 Å². The van der Waals surface area contributed by atoms with Gasteiger partial charge in [-0.25, -0.2) is 4.39 Å². The molecule has 2 N–H and O–H groups in total. The Balaban J connectivity index is 0.00000364. The average molecular weight is 494 g/mol. The molecule has 1 aromatic rings. The van der Waals surface area contributed by atoms with Crippen LogP contribution in [0, 0.1) is 11.7 Å². The molecule has 0 saturated carbocycles. The number of rotatable bonds is 8. The largest absolute Gasteiger partial charge is 0.489 e. The molecule has 2 unspecified atom stereocenters. The van der Waals surface area contributed by atoms with Crippen LogP contribution in [0.2, 0.25) is 0 Å². The molecule has 1 aliphatic heterocycles. The van der Waals surface area contributed by atoms with Crippen molar-refractivity contribution < 1.29 is 13.9 Å². The molecule has 27 heavy (non-hydrogen) atoms. The van der Waals surface area contributed by atoms with E-state index in [9.17, 15) is 4.39 Å². The fourth-order valence-corrected chi connectivity index (χ4v) is 2.81. The van der Waals surface area contributed by atoms with Gasteiger partial charge in [-0.2, -0.15) is 0 Å². The monoisotopic (exact) mass is 494 g/mol. The Bertz CT molecular complexity index is 553. The Hall–Kier alpha value is -1.13. The van der Waals surface area contributed by atoms with Gasteiger partial charge >= 0.3 is 0 Å². The SMILES string of the molecule is CN=C(NCC(C)CN1CCOCC1)NCC(C)Oc1ccc(F)cc1.I. The summed E-state index contributed by atoms with van der Waals surface area (Å²) >= 11 is 0. The maximum absolute atomic E-state index is 12.9. The Morgan fingerprint density at radius 3 is 2.44 bits per heavy atom. The first-order valence-electron chi connectivity index (χ1n) is 9.23. The molecule has 0 spiro atoms. The van der Waals surface area contributed by atoms with Gasteiger partial charge in [0.1, 0.15) is 17.7 Å². The van der Waals surface area contributed by atoms with Gasteiger partial charge in [-0.05, 0) is 37.1 Å². The molecule has 1 saturated heterocycles. The van der Waals surface area contributed by atoms with E-state index in [4.69, 9.17) is 9.47 Å². The molecule has 0 amide bonds. The highest BCUT2D eigenvalue weighted by Crippen LogP contribution is 2.12. The normalized spacial score (nSPS) is 17.6. The number of nitrogens with zero attached hydrogens (tertiary/aromatic N) is 2. The number of hydrogen-bond acceptors (Lipinski definition) is 4. The van der Waals surface area contributed by atoms with Crippen LogP contribution in [0.4, 0.5) is 4.39 Å². The third kappa shape index (κ3) is 9.57. The van der Waals surface area contributed by atoms with Crippen molar-refractivity contribution in [2.45, 2.75) is 20.0 Å². The Morgan fingerprint density at radius 2 is 1.81 bits per heavy atom. The van der Waals surface area contributed by atoms with E-state index in [1.807, 2.05) is 6.92 Å². The van der Waals surface area contributed by atoms with Gasteiger partial charge in [0.25, 0.3) is 0 Å². The standard InChI is InChI=1S/C19H31FN4O2.HI/c1-15(14-24-8-10-25-11-9-24)12-22-19(21-3)23-13-16(2)26-18-6-4-17(20)5-7-18;/h4-7,15-16H,8-14H2,1-3H3,(H2,21,22,23);1H. The molecule has 6 nitrogen and oxygen atoms in total. The van der Waals surface area contributed by atoms with E-state index in [1.54, 1.807) is 19.2 Å². The van der Waals surface area contributed by atoms with Crippen LogP contribution in [0.3, 0.4) is 0 Å². The van der Waals surface area contributed by atoms with E-state index >= 15 is 0 Å². The molecule has 0 radical (unpaired) electrons. The van der Waals surface area contributed by atoms with E-state index in [0.29, 0.717) is 18.2 Å². The van der Waals surface area contributed by atoms with Crippen LogP contribution < -0.4 is 15.4 Å². The lowest BCUT2D eigenvalue weighted by Crippen LogP contribution is -2.45. The minimum absolute atomic E-state index is 0. The fraction of sp³-hybridized carbons (Fsp3) is 0.632. The van der Waals surface area contributed by atoms with Crippen molar-refractivity contribution in [3.05, 3.63) is 30.1 Å². The van der Waals surface area contributed by atoms with Gasteiger partial charge < -0.3 is 20.1 Å². The summed E-state index contributed by atoms with van der Waals surface area (Å²) in [7, 11) is 1.76. The predicted octanol–water partition coefficient (Wildman–Crippen LogP) is 2.34. The van der Waals surface area contributed by atoms with Gasteiger partial charge in [0, 0.05) is 33.2 Å². The van der Waals surface area contributed by atoms with Crippen LogP contribution >= 0.6 is 24.0 Å². The number of ether oxygens (including phenoxy) is 2. The van der Waals surface area contributed by atoms with E-state index < -0.39 is 0 Å². The average Bonchev–Trinajstić information content (AvgIpc) is 2.64. The number of guanidine groups is 1. The van der Waals surface area contributed by atoms with E-state index in [1.165, 1.54) is 12.1 Å². The van der Waals surface area contributed by atoms with Crippen LogP contribution in [-0.2, 0) is 4.74 Å². The zero-order valence-electron chi connectivity index (χ0n) is 16.4. The number of benzene rings is 1. The maximum atomic E-state index is 12.9. The van der Waals surface area contributed by atoms with Gasteiger partial charge in [0.05, 0.1) is 19.8 Å². The number of hydrogen-bond donors (Lipinski definition) is 2. The Kier molecular flexibility index (Phi) is 11.6. The third-order valence-corrected chi connectivity index (χ3v) is 4.22. The first kappa shape index (κ1) is 23.9. The number of aliphatic imine (C=N–C) groups is 1. The van der Waals surface area contributed by atoms with Gasteiger partial charge in [0.2, 0.25) is 0 Å². The molecule has 0 aromatic heterocycles. The maximum Gasteiger partial charge on any atom is 0.191 e. The summed E-state index contributed by atoms with van der Waals surface area (Å²) in [6.07, 6.45) is -0.0650. The van der Waals surface area contributed by atoms with Gasteiger partial charge in [0.15, 0.2) is 5.96 Å². The summed E-state index contributed by atoms with van der Waals surface area (Å²) in [5.74, 6) is 1.66. The molecule has 8 heteroatoms. The van der Waals surface area contributed by atoms with E-state index in [-0.39, 0.29) is 35.9 Å². The molecule has 1 aromatic carbocycles. The lowest BCUT2D eigenvalue weighted by Gasteiger charge is -2.29. The molecule has 0 aliphatic carbocycles. The molecule has 1 heterocycles. The summed E-state index contributed by atoms with van der Waals surface area (Å²) < 4.78 is 24.1. The minimum Gasteiger partial charge on any atom is -0.489 e. The molecular weight excluding hydrogens is 462 g/mol. The summed E-state index contributed by atoms with van der Waals surface area (Å²) in [5, 5.41) is 6.63. The van der Waals surface area contributed by atoms with E-state index in [0.717, 1.165) is 45.4 Å². The molecule has 154 valence electrons. The van der Waals surface area contributed by atoms with Crippen molar-refractivity contribution in [3.8, 4) is 5.75 Å². The summed E-state index contributed by atoms with van der Waals surface area (Å²) in [6, 6.07) is 6.05. The first-order valence-corrected chi connectivity index (χ1v) is 9.23. The van der Waals surface area contributed by atoms with E-state index in [2.05, 4.69) is 27.4 Å². The lowest BCUT2D eigenvalue weighted by molar-refractivity contribution is 0.0320. The minimum atomic E-state index is -0.265. The molecule has 1 aliphatic rings. The molecule has 2 rings (SSSR count). The zero-order chi connectivity index (χ0) is 18.8. The second kappa shape index (κ2) is 13.1.